The van der Waals surface area contributed by atoms with Crippen molar-refractivity contribution in [2.24, 2.45) is 0 Å². The fourth-order valence-corrected chi connectivity index (χ4v) is 2.25. The van der Waals surface area contributed by atoms with Gasteiger partial charge in [-0.1, -0.05) is 39.5 Å². The fraction of sp³-hybridized carbons (Fsp3) is 0.250. The number of carbonyl (C=O) groups is 1. The van der Waals surface area contributed by atoms with Gasteiger partial charge in [0.1, 0.15) is 6.04 Å². The summed E-state index contributed by atoms with van der Waals surface area (Å²) in [6, 6.07) is 4.56. The Labute approximate surface area is 114 Å². The van der Waals surface area contributed by atoms with Gasteiger partial charge in [-0.15, -0.1) is 6.42 Å². The Bertz CT molecular complexity index is 456. The van der Waals surface area contributed by atoms with Crippen LogP contribution in [0.5, 0.6) is 0 Å². The van der Waals surface area contributed by atoms with Gasteiger partial charge in [0, 0.05) is 9.50 Å². The Morgan fingerprint density at radius 2 is 2.41 bits per heavy atom. The van der Waals surface area contributed by atoms with Crippen LogP contribution < -0.4 is 5.32 Å². The van der Waals surface area contributed by atoms with Crippen LogP contribution in [0.1, 0.15) is 11.6 Å². The van der Waals surface area contributed by atoms with Crippen molar-refractivity contribution in [1.29, 1.82) is 0 Å². The Kier molecular flexibility index (Phi) is 5.49. The average Bonchev–Trinajstić information content (AvgIpc) is 2.31. The van der Waals surface area contributed by atoms with Crippen molar-refractivity contribution < 1.29 is 9.53 Å². The quantitative estimate of drug-likeness (QED) is 0.685. The normalized spacial score (nSPS) is 11.6. The molecule has 1 rings (SSSR count). The third-order valence-corrected chi connectivity index (χ3v) is 3.04. The van der Waals surface area contributed by atoms with E-state index in [-0.39, 0.29) is 6.54 Å². The van der Waals surface area contributed by atoms with Crippen LogP contribution in [-0.4, -0.2) is 19.6 Å². The van der Waals surface area contributed by atoms with Gasteiger partial charge in [0.25, 0.3) is 0 Å². The second-order valence-electron chi connectivity index (χ2n) is 3.21. The monoisotopic (exact) mass is 315 g/mol. The van der Waals surface area contributed by atoms with Gasteiger partial charge >= 0.3 is 5.97 Å². The van der Waals surface area contributed by atoms with Crippen LogP contribution in [0.4, 0.5) is 0 Å². The average molecular weight is 317 g/mol. The SMILES string of the molecule is C#CCNC(C(=O)OC)c1ccc(Cl)cc1Br. The fourth-order valence-electron chi connectivity index (χ4n) is 1.33. The van der Waals surface area contributed by atoms with Crippen LogP contribution in [0.25, 0.3) is 0 Å². The summed E-state index contributed by atoms with van der Waals surface area (Å²) in [5, 5.41) is 3.50. The lowest BCUT2D eigenvalue weighted by Crippen LogP contribution is -2.30. The number of rotatable bonds is 4. The van der Waals surface area contributed by atoms with Gasteiger partial charge in [0.05, 0.1) is 13.7 Å². The van der Waals surface area contributed by atoms with E-state index in [1.54, 1.807) is 18.2 Å². The molecule has 5 heteroatoms. The number of halogens is 2. The second kappa shape index (κ2) is 6.65. The zero-order chi connectivity index (χ0) is 12.8. The van der Waals surface area contributed by atoms with Crippen molar-refractivity contribution in [2.45, 2.75) is 6.04 Å². The maximum Gasteiger partial charge on any atom is 0.327 e. The van der Waals surface area contributed by atoms with E-state index in [9.17, 15) is 4.79 Å². The summed E-state index contributed by atoms with van der Waals surface area (Å²) < 4.78 is 5.45. The first-order chi connectivity index (χ1) is 8.10. The predicted molar refractivity (Wildman–Crippen MR) is 70.7 cm³/mol. The van der Waals surface area contributed by atoms with E-state index in [2.05, 4.69) is 27.2 Å². The molecule has 0 aliphatic rings. The van der Waals surface area contributed by atoms with Gasteiger partial charge in [-0.25, -0.2) is 4.79 Å². The van der Waals surface area contributed by atoms with Crippen molar-refractivity contribution in [3.63, 3.8) is 0 Å². The molecule has 1 atom stereocenters. The highest BCUT2D eigenvalue weighted by atomic mass is 79.9. The van der Waals surface area contributed by atoms with Gasteiger partial charge in [-0.3, -0.25) is 5.32 Å². The topological polar surface area (TPSA) is 38.3 Å². The van der Waals surface area contributed by atoms with Gasteiger partial charge in [0.2, 0.25) is 0 Å². The Morgan fingerprint density at radius 3 is 2.94 bits per heavy atom. The maximum atomic E-state index is 11.6. The Hall–Kier alpha value is -1.02. The third kappa shape index (κ3) is 3.74. The predicted octanol–water partition coefficient (Wildman–Crippen LogP) is 2.54. The third-order valence-electron chi connectivity index (χ3n) is 2.12. The summed E-state index contributed by atoms with van der Waals surface area (Å²) in [6.07, 6.45) is 5.16. The molecule has 0 aliphatic carbocycles. The van der Waals surface area contributed by atoms with E-state index in [0.717, 1.165) is 10.0 Å². The zero-order valence-corrected chi connectivity index (χ0v) is 11.5. The standard InChI is InChI=1S/C12H11BrClNO2/c1-3-6-15-11(12(16)17-2)9-5-4-8(14)7-10(9)13/h1,4-5,7,11,15H,6H2,2H3. The molecule has 0 spiro atoms. The largest absolute Gasteiger partial charge is 0.468 e. The highest BCUT2D eigenvalue weighted by Gasteiger charge is 2.22. The number of benzene rings is 1. The molecule has 0 aromatic heterocycles. The van der Waals surface area contributed by atoms with E-state index in [1.807, 2.05) is 0 Å². The van der Waals surface area contributed by atoms with Crippen molar-refractivity contribution in [2.75, 3.05) is 13.7 Å². The Morgan fingerprint density at radius 1 is 1.71 bits per heavy atom. The lowest BCUT2D eigenvalue weighted by atomic mass is 10.1. The number of esters is 1. The van der Waals surface area contributed by atoms with E-state index in [1.165, 1.54) is 7.11 Å². The maximum absolute atomic E-state index is 11.6. The summed E-state index contributed by atoms with van der Waals surface area (Å²) in [6.45, 7) is 0.273. The van der Waals surface area contributed by atoms with Crippen molar-refractivity contribution in [3.05, 3.63) is 33.3 Å². The lowest BCUT2D eigenvalue weighted by molar-refractivity contribution is -0.143. The molecule has 0 heterocycles. The van der Waals surface area contributed by atoms with E-state index >= 15 is 0 Å². The minimum atomic E-state index is -0.609. The van der Waals surface area contributed by atoms with Crippen molar-refractivity contribution >= 4 is 33.5 Å². The summed E-state index contributed by atoms with van der Waals surface area (Å²) in [5.74, 6) is 2.02. The first-order valence-corrected chi connectivity index (χ1v) is 5.97. The molecule has 0 saturated heterocycles. The molecular formula is C12H11BrClNO2. The minimum absolute atomic E-state index is 0.273. The molecule has 90 valence electrons. The molecule has 0 aliphatic heterocycles. The number of ether oxygens (including phenoxy) is 1. The second-order valence-corrected chi connectivity index (χ2v) is 4.50. The summed E-state index contributed by atoms with van der Waals surface area (Å²) >= 11 is 9.19. The van der Waals surface area contributed by atoms with Crippen LogP contribution in [0, 0.1) is 12.3 Å². The highest BCUT2D eigenvalue weighted by Crippen LogP contribution is 2.27. The van der Waals surface area contributed by atoms with Crippen molar-refractivity contribution in [3.8, 4) is 12.3 Å². The Balaban J connectivity index is 3.04. The van der Waals surface area contributed by atoms with Gasteiger partial charge in [0.15, 0.2) is 0 Å². The molecule has 0 radical (unpaired) electrons. The molecule has 1 N–H and O–H groups in total. The molecular weight excluding hydrogens is 305 g/mol. The van der Waals surface area contributed by atoms with Crippen LogP contribution in [0.2, 0.25) is 5.02 Å². The van der Waals surface area contributed by atoms with Crippen LogP contribution >= 0.6 is 27.5 Å². The molecule has 0 bridgehead atoms. The number of hydrogen-bond donors (Lipinski definition) is 1. The minimum Gasteiger partial charge on any atom is -0.468 e. The molecule has 0 amide bonds. The van der Waals surface area contributed by atoms with Gasteiger partial charge in [-0.05, 0) is 17.7 Å². The zero-order valence-electron chi connectivity index (χ0n) is 9.17. The number of methoxy groups -OCH3 is 1. The van der Waals surface area contributed by atoms with E-state index in [0.29, 0.717) is 5.02 Å². The number of hydrogen-bond acceptors (Lipinski definition) is 3. The van der Waals surface area contributed by atoms with E-state index < -0.39 is 12.0 Å². The molecule has 1 unspecified atom stereocenters. The summed E-state index contributed by atoms with van der Waals surface area (Å²) in [4.78, 5) is 11.6. The van der Waals surface area contributed by atoms with Crippen LogP contribution in [-0.2, 0) is 9.53 Å². The number of terminal acetylenes is 1. The van der Waals surface area contributed by atoms with Gasteiger partial charge in [-0.2, -0.15) is 0 Å². The first kappa shape index (κ1) is 14.0. The van der Waals surface area contributed by atoms with E-state index in [4.69, 9.17) is 22.8 Å². The van der Waals surface area contributed by atoms with Gasteiger partial charge < -0.3 is 4.74 Å². The van der Waals surface area contributed by atoms with Crippen LogP contribution in [0.3, 0.4) is 0 Å². The lowest BCUT2D eigenvalue weighted by Gasteiger charge is -2.17. The smallest absolute Gasteiger partial charge is 0.327 e. The van der Waals surface area contributed by atoms with Crippen molar-refractivity contribution in [1.82, 2.24) is 5.32 Å². The number of carbonyl (C=O) groups excluding carboxylic acids is 1. The first-order valence-electron chi connectivity index (χ1n) is 4.79. The summed E-state index contributed by atoms with van der Waals surface area (Å²) in [5.41, 5.74) is 0.733. The number of nitrogens with one attached hydrogen (secondary N) is 1. The van der Waals surface area contributed by atoms with Crippen LogP contribution in [0.15, 0.2) is 22.7 Å². The molecule has 3 nitrogen and oxygen atoms in total. The molecule has 0 saturated carbocycles. The molecule has 0 fully saturated rings. The molecule has 1 aromatic rings. The molecule has 1 aromatic carbocycles. The summed E-state index contributed by atoms with van der Waals surface area (Å²) in [7, 11) is 1.33. The highest BCUT2D eigenvalue weighted by molar-refractivity contribution is 9.10. The molecule has 17 heavy (non-hydrogen) atoms.